The third-order valence-electron chi connectivity index (χ3n) is 6.90. The van der Waals surface area contributed by atoms with Crippen LogP contribution in [0.4, 0.5) is 4.79 Å². The van der Waals surface area contributed by atoms with Gasteiger partial charge in [0.25, 0.3) is 0 Å². The summed E-state index contributed by atoms with van der Waals surface area (Å²) in [5.41, 5.74) is -1.50. The van der Waals surface area contributed by atoms with E-state index in [1.54, 1.807) is 16.7 Å². The van der Waals surface area contributed by atoms with Crippen LogP contribution >= 0.6 is 0 Å². The van der Waals surface area contributed by atoms with Gasteiger partial charge in [-0.3, -0.25) is 14.5 Å². The summed E-state index contributed by atoms with van der Waals surface area (Å²) in [4.78, 5) is 42.2. The number of esters is 1. The Morgan fingerprint density at radius 1 is 1.11 bits per heavy atom. The van der Waals surface area contributed by atoms with Crippen molar-refractivity contribution < 1.29 is 28.6 Å². The first kappa shape index (κ1) is 30.4. The molecular formula is C28H50N2O6. The Morgan fingerprint density at radius 3 is 2.31 bits per heavy atom. The van der Waals surface area contributed by atoms with E-state index in [9.17, 15) is 14.4 Å². The van der Waals surface area contributed by atoms with Crippen molar-refractivity contribution in [2.75, 3.05) is 19.7 Å². The van der Waals surface area contributed by atoms with E-state index in [4.69, 9.17) is 14.2 Å². The van der Waals surface area contributed by atoms with Crippen LogP contribution in [-0.2, 0) is 23.8 Å². The largest absolute Gasteiger partial charge is 0.466 e. The zero-order valence-corrected chi connectivity index (χ0v) is 23.9. The molecule has 0 aromatic heterocycles. The highest BCUT2D eigenvalue weighted by atomic mass is 16.6. The number of hydrogen-bond donors (Lipinski definition) is 0. The van der Waals surface area contributed by atoms with Crippen LogP contribution in [-0.4, -0.2) is 70.9 Å². The standard InChI is InChI=1S/C28H50N2O6/c1-9-34-25(32)15-16-29(24(31)17-20(2)3)19-23-22(18-21-13-11-10-12-14-21)30(28(7,8)35-23)26(33)36-27(4,5)6/h20-23H,9-19H2,1-8H3/t22-,23-/m0/s1. The minimum Gasteiger partial charge on any atom is -0.466 e. The van der Waals surface area contributed by atoms with E-state index < -0.39 is 11.3 Å². The van der Waals surface area contributed by atoms with Gasteiger partial charge in [-0.05, 0) is 59.8 Å². The van der Waals surface area contributed by atoms with Crippen molar-refractivity contribution in [2.45, 2.75) is 130 Å². The molecule has 2 rings (SSSR count). The molecular weight excluding hydrogens is 460 g/mol. The van der Waals surface area contributed by atoms with Crippen molar-refractivity contribution in [3.05, 3.63) is 0 Å². The average molecular weight is 511 g/mol. The van der Waals surface area contributed by atoms with Crippen molar-refractivity contribution in [1.29, 1.82) is 0 Å². The lowest BCUT2D eigenvalue weighted by Crippen LogP contribution is -2.51. The molecule has 0 radical (unpaired) electrons. The van der Waals surface area contributed by atoms with Gasteiger partial charge >= 0.3 is 12.1 Å². The van der Waals surface area contributed by atoms with Crippen LogP contribution in [0.25, 0.3) is 0 Å². The zero-order chi connectivity index (χ0) is 27.1. The topological polar surface area (TPSA) is 85.4 Å². The molecule has 0 aromatic carbocycles. The van der Waals surface area contributed by atoms with Crippen LogP contribution in [0.2, 0.25) is 0 Å². The number of hydrogen-bond acceptors (Lipinski definition) is 6. The highest BCUT2D eigenvalue weighted by Crippen LogP contribution is 2.39. The fourth-order valence-corrected chi connectivity index (χ4v) is 5.39. The lowest BCUT2D eigenvalue weighted by molar-refractivity contribution is -0.145. The maximum atomic E-state index is 13.4. The van der Waals surface area contributed by atoms with Crippen LogP contribution < -0.4 is 0 Å². The van der Waals surface area contributed by atoms with Gasteiger partial charge in [0.05, 0.1) is 25.2 Å². The minimum atomic E-state index is -0.875. The molecule has 1 aliphatic heterocycles. The summed E-state index contributed by atoms with van der Waals surface area (Å²) in [6.45, 7) is 16.1. The first-order chi connectivity index (χ1) is 16.7. The maximum Gasteiger partial charge on any atom is 0.412 e. The van der Waals surface area contributed by atoms with Gasteiger partial charge in [-0.15, -0.1) is 0 Å². The smallest absolute Gasteiger partial charge is 0.412 e. The molecule has 208 valence electrons. The van der Waals surface area contributed by atoms with Gasteiger partial charge in [-0.1, -0.05) is 46.0 Å². The molecule has 1 saturated heterocycles. The molecule has 0 unspecified atom stereocenters. The maximum absolute atomic E-state index is 13.4. The number of amides is 2. The van der Waals surface area contributed by atoms with Crippen molar-refractivity contribution in [2.24, 2.45) is 11.8 Å². The lowest BCUT2D eigenvalue weighted by atomic mass is 9.83. The fourth-order valence-electron chi connectivity index (χ4n) is 5.39. The van der Waals surface area contributed by atoms with Crippen molar-refractivity contribution >= 4 is 18.0 Å². The molecule has 1 heterocycles. The molecule has 2 fully saturated rings. The summed E-state index contributed by atoms with van der Waals surface area (Å²) >= 11 is 0. The predicted octanol–water partition coefficient (Wildman–Crippen LogP) is 5.53. The molecule has 36 heavy (non-hydrogen) atoms. The fraction of sp³-hybridized carbons (Fsp3) is 0.893. The lowest BCUT2D eigenvalue weighted by Gasteiger charge is -2.37. The van der Waals surface area contributed by atoms with E-state index in [-0.39, 0.29) is 49.0 Å². The molecule has 0 spiro atoms. The van der Waals surface area contributed by atoms with Crippen LogP contribution in [0, 0.1) is 11.8 Å². The molecule has 2 atom stereocenters. The Hall–Kier alpha value is -1.83. The zero-order valence-electron chi connectivity index (χ0n) is 23.9. The highest BCUT2D eigenvalue weighted by Gasteiger charge is 2.52. The van der Waals surface area contributed by atoms with Crippen LogP contribution in [0.3, 0.4) is 0 Å². The van der Waals surface area contributed by atoms with Crippen LogP contribution in [0.1, 0.15) is 107 Å². The highest BCUT2D eigenvalue weighted by molar-refractivity contribution is 5.77. The summed E-state index contributed by atoms with van der Waals surface area (Å²) < 4.78 is 17.4. The SMILES string of the molecule is CCOC(=O)CCN(C[C@@H]1OC(C)(C)N(C(=O)OC(C)(C)C)[C@H]1CC1CCCCC1)C(=O)CC(C)C. The van der Waals surface area contributed by atoms with Gasteiger partial charge in [-0.25, -0.2) is 4.79 Å². The number of carbonyl (C=O) groups excluding carboxylic acids is 3. The summed E-state index contributed by atoms with van der Waals surface area (Å²) in [6.07, 6.45) is 6.54. The molecule has 1 saturated carbocycles. The number of rotatable bonds is 10. The van der Waals surface area contributed by atoms with Gasteiger partial charge in [0, 0.05) is 19.5 Å². The summed E-state index contributed by atoms with van der Waals surface area (Å²) in [6, 6.07) is -0.213. The quantitative estimate of drug-likeness (QED) is 0.360. The van der Waals surface area contributed by atoms with Gasteiger partial charge in [-0.2, -0.15) is 0 Å². The average Bonchev–Trinajstić information content (AvgIpc) is 2.99. The Kier molecular flexibility index (Phi) is 11.1. The van der Waals surface area contributed by atoms with Gasteiger partial charge < -0.3 is 19.1 Å². The summed E-state index contributed by atoms with van der Waals surface area (Å²) in [7, 11) is 0. The second-order valence-corrected chi connectivity index (χ2v) is 12.3. The number of ether oxygens (including phenoxy) is 3. The Labute approximate surface area is 218 Å². The number of carbonyl (C=O) groups is 3. The van der Waals surface area contributed by atoms with Crippen LogP contribution in [0.15, 0.2) is 0 Å². The van der Waals surface area contributed by atoms with E-state index in [0.29, 0.717) is 25.5 Å². The molecule has 0 bridgehead atoms. The molecule has 8 nitrogen and oxygen atoms in total. The molecule has 2 aliphatic rings. The Bertz CT molecular complexity index is 739. The normalized spacial score (nSPS) is 22.5. The van der Waals surface area contributed by atoms with E-state index in [2.05, 4.69) is 0 Å². The van der Waals surface area contributed by atoms with Crippen molar-refractivity contribution in [1.82, 2.24) is 9.80 Å². The third-order valence-corrected chi connectivity index (χ3v) is 6.90. The van der Waals surface area contributed by atoms with Gasteiger partial charge in [0.1, 0.15) is 11.3 Å². The Balaban J connectivity index is 2.30. The van der Waals surface area contributed by atoms with E-state index in [0.717, 1.165) is 19.3 Å². The van der Waals surface area contributed by atoms with Crippen molar-refractivity contribution in [3.63, 3.8) is 0 Å². The predicted molar refractivity (Wildman–Crippen MR) is 139 cm³/mol. The van der Waals surface area contributed by atoms with Gasteiger partial charge in [0.15, 0.2) is 0 Å². The second-order valence-electron chi connectivity index (χ2n) is 12.3. The van der Waals surface area contributed by atoms with Crippen molar-refractivity contribution in [3.8, 4) is 0 Å². The molecule has 2 amide bonds. The monoisotopic (exact) mass is 510 g/mol. The van der Waals surface area contributed by atoms with E-state index in [1.165, 1.54) is 19.3 Å². The Morgan fingerprint density at radius 2 is 1.75 bits per heavy atom. The van der Waals surface area contributed by atoms with Gasteiger partial charge in [0.2, 0.25) is 5.91 Å². The minimum absolute atomic E-state index is 0.0113. The van der Waals surface area contributed by atoms with Crippen LogP contribution in [0.5, 0.6) is 0 Å². The van der Waals surface area contributed by atoms with E-state index >= 15 is 0 Å². The molecule has 1 aliphatic carbocycles. The second kappa shape index (κ2) is 13.1. The van der Waals surface area contributed by atoms with E-state index in [1.807, 2.05) is 48.5 Å². The number of nitrogens with zero attached hydrogens (tertiary/aromatic N) is 2. The molecule has 8 heteroatoms. The summed E-state index contributed by atoms with van der Waals surface area (Å²) in [5, 5.41) is 0. The third kappa shape index (κ3) is 9.24. The summed E-state index contributed by atoms with van der Waals surface area (Å²) in [5.74, 6) is 0.373. The first-order valence-corrected chi connectivity index (χ1v) is 13.9. The first-order valence-electron chi connectivity index (χ1n) is 13.9. The molecule has 0 N–H and O–H groups in total. The molecule has 0 aromatic rings.